The Hall–Kier alpha value is -3.80. The van der Waals surface area contributed by atoms with Crippen LogP contribution in [0, 0.1) is 13.8 Å². The van der Waals surface area contributed by atoms with E-state index in [2.05, 4.69) is 42.0 Å². The van der Waals surface area contributed by atoms with Crippen LogP contribution in [0.2, 0.25) is 0 Å². The molecule has 43 heavy (non-hydrogen) atoms. The van der Waals surface area contributed by atoms with Crippen LogP contribution >= 0.6 is 32.1 Å². The van der Waals surface area contributed by atoms with E-state index in [-0.39, 0.29) is 21.6 Å². The number of aromatic nitrogens is 4. The molecule has 2 amide bonds. The minimum absolute atomic E-state index is 0.0712. The van der Waals surface area contributed by atoms with E-state index < -0.39 is 20.0 Å². The molecule has 0 saturated carbocycles. The van der Waals surface area contributed by atoms with Crippen LogP contribution in [-0.4, -0.2) is 63.1 Å². The molecule has 226 valence electrons. The Morgan fingerprint density at radius 2 is 1.30 bits per heavy atom. The Labute approximate surface area is 264 Å². The molecule has 0 N–H and O–H groups in total. The fourth-order valence-electron chi connectivity index (χ4n) is 3.64. The van der Waals surface area contributed by atoms with Gasteiger partial charge in [-0.2, -0.15) is 0 Å². The molecule has 1 saturated heterocycles. The Morgan fingerprint density at radius 3 is 1.67 bits per heavy atom. The third-order valence-electron chi connectivity index (χ3n) is 5.94. The highest BCUT2D eigenvalue weighted by molar-refractivity contribution is 9.10. The van der Waals surface area contributed by atoms with Gasteiger partial charge in [-0.25, -0.2) is 28.7 Å². The quantitative estimate of drug-likeness (QED) is 0.160. The Kier molecular flexibility index (Phi) is 11.1. The fraction of sp³-hybridized carbons (Fsp3) is 0.154. The van der Waals surface area contributed by atoms with Crippen molar-refractivity contribution in [2.75, 3.05) is 0 Å². The highest BCUT2D eigenvalue weighted by Gasteiger charge is 2.26. The van der Waals surface area contributed by atoms with Crippen LogP contribution in [-0.2, 0) is 29.6 Å². The summed E-state index contributed by atoms with van der Waals surface area (Å²) in [7, 11) is -7.40. The summed E-state index contributed by atoms with van der Waals surface area (Å²) < 4.78 is 52.6. The predicted octanol–water partition coefficient (Wildman–Crippen LogP) is 3.69. The van der Waals surface area contributed by atoms with E-state index in [4.69, 9.17) is 0 Å². The van der Waals surface area contributed by atoms with Crippen LogP contribution in [0.15, 0.2) is 81.8 Å². The molecule has 1 aliphatic heterocycles. The molecule has 0 aliphatic carbocycles. The Morgan fingerprint density at radius 1 is 0.791 bits per heavy atom. The van der Waals surface area contributed by atoms with Crippen molar-refractivity contribution in [3.8, 4) is 0 Å². The van der Waals surface area contributed by atoms with Gasteiger partial charge in [-0.1, -0.05) is 0 Å². The number of pyridine rings is 2. The van der Waals surface area contributed by atoms with E-state index in [9.17, 15) is 36.0 Å². The van der Waals surface area contributed by atoms with E-state index in [0.717, 1.165) is 11.9 Å². The SMILES string of the molecule is Cc1c(C=O)cc(Br)n1S(=O)(=O)c1cccnc1.Cc1c(C=O)ccn1S(=O)(=O)c1cccnc1.O=C1CCC(=O)N1Br. The molecule has 0 unspecified atom stereocenters. The maximum atomic E-state index is 12.4. The molecule has 1 fully saturated rings. The van der Waals surface area contributed by atoms with Crippen molar-refractivity contribution >= 4 is 76.5 Å². The van der Waals surface area contributed by atoms with Crippen LogP contribution in [0.4, 0.5) is 0 Å². The smallest absolute Gasteiger partial charge is 0.270 e. The number of hydrogen-bond donors (Lipinski definition) is 0. The summed E-state index contributed by atoms with van der Waals surface area (Å²) in [5.74, 6) is -0.287. The van der Waals surface area contributed by atoms with Gasteiger partial charge in [0.15, 0.2) is 12.6 Å². The first-order valence-electron chi connectivity index (χ1n) is 12.1. The summed E-state index contributed by atoms with van der Waals surface area (Å²) in [6.45, 7) is 3.15. The van der Waals surface area contributed by atoms with Crippen LogP contribution < -0.4 is 0 Å². The van der Waals surface area contributed by atoms with Crippen LogP contribution in [0.1, 0.15) is 44.9 Å². The van der Waals surface area contributed by atoms with E-state index >= 15 is 0 Å². The summed E-state index contributed by atoms with van der Waals surface area (Å²) in [5, 5.41) is 0. The number of amides is 2. The van der Waals surface area contributed by atoms with Gasteiger partial charge < -0.3 is 0 Å². The van der Waals surface area contributed by atoms with Crippen molar-refractivity contribution in [2.45, 2.75) is 36.5 Å². The molecule has 4 aromatic heterocycles. The third-order valence-corrected chi connectivity index (χ3v) is 11.1. The largest absolute Gasteiger partial charge is 0.298 e. The number of carbonyl (C=O) groups excluding carboxylic acids is 4. The molecule has 5 rings (SSSR count). The van der Waals surface area contributed by atoms with Gasteiger partial charge in [-0.15, -0.1) is 0 Å². The van der Waals surface area contributed by atoms with Crippen molar-refractivity contribution in [3.63, 3.8) is 0 Å². The van der Waals surface area contributed by atoms with Crippen molar-refractivity contribution in [1.82, 2.24) is 21.8 Å². The molecule has 0 atom stereocenters. The molecule has 0 aromatic carbocycles. The maximum Gasteiger partial charge on any atom is 0.270 e. The molecule has 4 aromatic rings. The predicted molar refractivity (Wildman–Crippen MR) is 160 cm³/mol. The first-order valence-corrected chi connectivity index (χ1v) is 16.4. The number of imide groups is 1. The Bertz CT molecular complexity index is 1860. The molecule has 17 heteroatoms. The standard InChI is InChI=1S/C11H9BrN2O3S.C11H10N2O3S.C4H4BrNO2/c1-8-9(7-15)5-11(12)14(8)18(16,17)10-3-2-4-13-6-10;1-9-10(8-14)4-6-13(9)17(15,16)11-3-2-5-12-7-11;5-6-3(7)1-2-4(6)8/h2-7H,1H3;2-8H,1H3;1-2H2. The summed E-state index contributed by atoms with van der Waals surface area (Å²) >= 11 is 5.95. The zero-order valence-electron chi connectivity index (χ0n) is 22.5. The van der Waals surface area contributed by atoms with Gasteiger partial charge >= 0.3 is 0 Å². The first kappa shape index (κ1) is 33.7. The van der Waals surface area contributed by atoms with E-state index in [0.29, 0.717) is 52.5 Å². The lowest BCUT2D eigenvalue weighted by molar-refractivity contribution is -0.131. The molecule has 0 bridgehead atoms. The second-order valence-corrected chi connectivity index (χ2v) is 13.7. The van der Waals surface area contributed by atoms with Gasteiger partial charge in [-0.3, -0.25) is 29.1 Å². The number of nitrogens with zero attached hydrogens (tertiary/aromatic N) is 5. The van der Waals surface area contributed by atoms with Gasteiger partial charge in [0.25, 0.3) is 20.0 Å². The van der Waals surface area contributed by atoms with Crippen LogP contribution in [0.25, 0.3) is 0 Å². The Balaban J connectivity index is 0.000000189. The number of carbonyl (C=O) groups is 4. The number of rotatable bonds is 6. The molecular weight excluding hydrogens is 734 g/mol. The normalized spacial score (nSPS) is 13.1. The summed E-state index contributed by atoms with van der Waals surface area (Å²) in [5.41, 5.74) is 1.44. The summed E-state index contributed by atoms with van der Waals surface area (Å²) in [6, 6.07) is 8.94. The van der Waals surface area contributed by atoms with E-state index in [1.54, 1.807) is 26.0 Å². The average Bonchev–Trinajstić information content (AvgIpc) is 3.64. The summed E-state index contributed by atoms with van der Waals surface area (Å²) in [6.07, 6.45) is 8.85. The number of halogens is 2. The molecule has 5 heterocycles. The van der Waals surface area contributed by atoms with Crippen molar-refractivity contribution in [2.24, 2.45) is 0 Å². The van der Waals surface area contributed by atoms with Crippen molar-refractivity contribution < 1.29 is 36.0 Å². The second kappa shape index (κ2) is 14.1. The topological polar surface area (TPSA) is 175 Å². The number of aldehydes is 2. The second-order valence-electron chi connectivity index (χ2n) is 8.62. The molecule has 0 radical (unpaired) electrons. The highest BCUT2D eigenvalue weighted by atomic mass is 79.9. The average molecular weight is 757 g/mol. The minimum Gasteiger partial charge on any atom is -0.298 e. The van der Waals surface area contributed by atoms with E-state index in [1.807, 2.05) is 0 Å². The lowest BCUT2D eigenvalue weighted by atomic mass is 10.3. The maximum absolute atomic E-state index is 12.4. The first-order chi connectivity index (χ1) is 20.3. The number of hydrogen-bond acceptors (Lipinski definition) is 10. The van der Waals surface area contributed by atoms with Gasteiger partial charge in [0.05, 0.1) is 16.1 Å². The summed E-state index contributed by atoms with van der Waals surface area (Å²) in [4.78, 5) is 50.1. The van der Waals surface area contributed by atoms with Gasteiger partial charge in [-0.05, 0) is 66.2 Å². The zero-order chi connectivity index (χ0) is 31.9. The monoisotopic (exact) mass is 755 g/mol. The molecule has 13 nitrogen and oxygen atoms in total. The fourth-order valence-corrected chi connectivity index (χ4v) is 7.84. The van der Waals surface area contributed by atoms with Crippen molar-refractivity contribution in [3.05, 3.63) is 94.5 Å². The minimum atomic E-state index is -3.74. The van der Waals surface area contributed by atoms with Crippen LogP contribution in [0.5, 0.6) is 0 Å². The zero-order valence-corrected chi connectivity index (χ0v) is 27.3. The van der Waals surface area contributed by atoms with E-state index in [1.165, 1.54) is 55.2 Å². The van der Waals surface area contributed by atoms with Gasteiger partial charge in [0.1, 0.15) is 14.4 Å². The lowest BCUT2D eigenvalue weighted by Crippen LogP contribution is -2.16. The van der Waals surface area contributed by atoms with Gasteiger partial charge in [0, 0.05) is 66.3 Å². The third kappa shape index (κ3) is 7.41. The molecule has 1 aliphatic rings. The van der Waals surface area contributed by atoms with Crippen LogP contribution in [0.3, 0.4) is 0 Å². The van der Waals surface area contributed by atoms with Gasteiger partial charge in [0.2, 0.25) is 11.8 Å². The van der Waals surface area contributed by atoms with Crippen molar-refractivity contribution in [1.29, 1.82) is 0 Å². The highest BCUT2D eigenvalue weighted by Crippen LogP contribution is 2.25. The molecule has 0 spiro atoms. The lowest BCUT2D eigenvalue weighted by Gasteiger charge is -2.09. The molecular formula is C26H23Br2N5O8S2.